The number of hydrogen-bond acceptors (Lipinski definition) is 6. The van der Waals surface area contributed by atoms with Gasteiger partial charge in [0, 0.05) is 30.8 Å². The maximum absolute atomic E-state index is 12.5. The SMILES string of the molecule is CCc1noc(CCNC(=O)c2cc(OC)nc3ccccc23)n1. The van der Waals surface area contributed by atoms with E-state index in [1.54, 1.807) is 6.07 Å². The van der Waals surface area contributed by atoms with E-state index in [1.807, 2.05) is 31.2 Å². The van der Waals surface area contributed by atoms with E-state index < -0.39 is 0 Å². The van der Waals surface area contributed by atoms with Crippen LogP contribution in [0.4, 0.5) is 0 Å². The van der Waals surface area contributed by atoms with Crippen molar-refractivity contribution in [3.63, 3.8) is 0 Å². The molecule has 0 saturated heterocycles. The van der Waals surface area contributed by atoms with Crippen molar-refractivity contribution in [1.29, 1.82) is 0 Å². The summed E-state index contributed by atoms with van der Waals surface area (Å²) >= 11 is 0. The minimum absolute atomic E-state index is 0.192. The third-order valence-electron chi connectivity index (χ3n) is 3.60. The van der Waals surface area contributed by atoms with Gasteiger partial charge in [-0.3, -0.25) is 4.79 Å². The van der Waals surface area contributed by atoms with Crippen molar-refractivity contribution in [2.45, 2.75) is 19.8 Å². The van der Waals surface area contributed by atoms with Gasteiger partial charge in [-0.25, -0.2) is 4.98 Å². The number of rotatable bonds is 6. The van der Waals surface area contributed by atoms with Gasteiger partial charge in [0.2, 0.25) is 11.8 Å². The van der Waals surface area contributed by atoms with E-state index in [4.69, 9.17) is 9.26 Å². The Bertz CT molecular complexity index is 860. The maximum Gasteiger partial charge on any atom is 0.252 e. The summed E-state index contributed by atoms with van der Waals surface area (Å²) in [6.45, 7) is 2.36. The summed E-state index contributed by atoms with van der Waals surface area (Å²) in [6, 6.07) is 9.09. The van der Waals surface area contributed by atoms with Crippen LogP contribution >= 0.6 is 0 Å². The topological polar surface area (TPSA) is 90.1 Å². The minimum Gasteiger partial charge on any atom is -0.481 e. The van der Waals surface area contributed by atoms with E-state index in [0.29, 0.717) is 41.6 Å². The number of fused-ring (bicyclic) bond motifs is 1. The molecule has 0 aliphatic rings. The fourth-order valence-corrected chi connectivity index (χ4v) is 2.36. The van der Waals surface area contributed by atoms with E-state index in [1.165, 1.54) is 7.11 Å². The molecular weight excluding hydrogens is 308 g/mol. The molecule has 0 saturated carbocycles. The van der Waals surface area contributed by atoms with Crippen LogP contribution in [0.3, 0.4) is 0 Å². The van der Waals surface area contributed by atoms with Crippen LogP contribution in [0.2, 0.25) is 0 Å². The number of benzene rings is 1. The third-order valence-corrected chi connectivity index (χ3v) is 3.60. The summed E-state index contributed by atoms with van der Waals surface area (Å²) in [6.07, 6.45) is 1.21. The molecule has 3 rings (SSSR count). The Morgan fingerprint density at radius 2 is 2.12 bits per heavy atom. The first-order valence-corrected chi connectivity index (χ1v) is 7.74. The van der Waals surface area contributed by atoms with Gasteiger partial charge in [0.05, 0.1) is 18.2 Å². The highest BCUT2D eigenvalue weighted by Crippen LogP contribution is 2.21. The van der Waals surface area contributed by atoms with Gasteiger partial charge in [-0.2, -0.15) is 4.98 Å². The number of ether oxygens (including phenoxy) is 1. The highest BCUT2D eigenvalue weighted by Gasteiger charge is 2.13. The molecule has 2 aromatic heterocycles. The Hall–Kier alpha value is -2.96. The number of para-hydroxylation sites is 1. The number of nitrogens with zero attached hydrogens (tertiary/aromatic N) is 3. The average Bonchev–Trinajstić information content (AvgIpc) is 3.08. The number of aromatic nitrogens is 3. The maximum atomic E-state index is 12.5. The zero-order chi connectivity index (χ0) is 16.9. The van der Waals surface area contributed by atoms with Crippen molar-refractivity contribution >= 4 is 16.8 Å². The van der Waals surface area contributed by atoms with Gasteiger partial charge in [-0.15, -0.1) is 0 Å². The molecule has 0 aliphatic heterocycles. The van der Waals surface area contributed by atoms with Crippen LogP contribution in [0.15, 0.2) is 34.9 Å². The molecule has 3 aromatic rings. The largest absolute Gasteiger partial charge is 0.481 e. The Kier molecular flexibility index (Phi) is 4.69. The summed E-state index contributed by atoms with van der Waals surface area (Å²) in [5, 5.41) is 7.48. The molecule has 0 spiro atoms. The van der Waals surface area contributed by atoms with Crippen molar-refractivity contribution in [1.82, 2.24) is 20.4 Å². The van der Waals surface area contributed by atoms with Crippen LogP contribution in [-0.4, -0.2) is 34.7 Å². The summed E-state index contributed by atoms with van der Waals surface area (Å²) in [4.78, 5) is 21.1. The normalized spacial score (nSPS) is 10.8. The second-order valence-corrected chi connectivity index (χ2v) is 5.19. The zero-order valence-electron chi connectivity index (χ0n) is 13.6. The molecule has 0 atom stereocenters. The number of pyridine rings is 1. The van der Waals surface area contributed by atoms with Crippen molar-refractivity contribution < 1.29 is 14.1 Å². The molecule has 24 heavy (non-hydrogen) atoms. The number of carbonyl (C=O) groups is 1. The first kappa shape index (κ1) is 15.9. The van der Waals surface area contributed by atoms with Crippen molar-refractivity contribution in [3.05, 3.63) is 47.6 Å². The number of hydrogen-bond donors (Lipinski definition) is 1. The quantitative estimate of drug-likeness (QED) is 0.746. The summed E-state index contributed by atoms with van der Waals surface area (Å²) in [7, 11) is 1.53. The van der Waals surface area contributed by atoms with Gasteiger partial charge in [0.15, 0.2) is 5.82 Å². The second kappa shape index (κ2) is 7.08. The fraction of sp³-hybridized carbons (Fsp3) is 0.294. The lowest BCUT2D eigenvalue weighted by atomic mass is 10.1. The molecule has 1 aromatic carbocycles. The van der Waals surface area contributed by atoms with Crippen molar-refractivity contribution in [2.24, 2.45) is 0 Å². The Labute approximate surface area is 139 Å². The molecular formula is C17H18N4O3. The predicted molar refractivity (Wildman–Crippen MR) is 88.0 cm³/mol. The van der Waals surface area contributed by atoms with Gasteiger partial charge in [0.25, 0.3) is 5.91 Å². The number of methoxy groups -OCH3 is 1. The molecule has 2 heterocycles. The van der Waals surface area contributed by atoms with Crippen LogP contribution in [0, 0.1) is 0 Å². The molecule has 0 radical (unpaired) electrons. The molecule has 7 heteroatoms. The van der Waals surface area contributed by atoms with Crippen LogP contribution in [0.25, 0.3) is 10.9 Å². The van der Waals surface area contributed by atoms with Crippen LogP contribution in [0.1, 0.15) is 29.0 Å². The lowest BCUT2D eigenvalue weighted by molar-refractivity contribution is 0.0954. The number of nitrogens with one attached hydrogen (secondary N) is 1. The Morgan fingerprint density at radius 3 is 2.88 bits per heavy atom. The van der Waals surface area contributed by atoms with Gasteiger partial charge in [-0.1, -0.05) is 30.3 Å². The van der Waals surface area contributed by atoms with Crippen molar-refractivity contribution in [3.8, 4) is 5.88 Å². The number of carbonyl (C=O) groups excluding carboxylic acids is 1. The molecule has 0 bridgehead atoms. The lowest BCUT2D eigenvalue weighted by Crippen LogP contribution is -2.26. The summed E-state index contributed by atoms with van der Waals surface area (Å²) in [5.74, 6) is 1.40. The second-order valence-electron chi connectivity index (χ2n) is 5.19. The van der Waals surface area contributed by atoms with Gasteiger partial charge < -0.3 is 14.6 Å². The van der Waals surface area contributed by atoms with Crippen LogP contribution in [0.5, 0.6) is 5.88 Å². The lowest BCUT2D eigenvalue weighted by Gasteiger charge is -2.09. The highest BCUT2D eigenvalue weighted by atomic mass is 16.5. The number of amides is 1. The molecule has 0 aliphatic carbocycles. The first-order chi connectivity index (χ1) is 11.7. The van der Waals surface area contributed by atoms with Crippen LogP contribution < -0.4 is 10.1 Å². The molecule has 1 N–H and O–H groups in total. The Morgan fingerprint density at radius 1 is 1.29 bits per heavy atom. The summed E-state index contributed by atoms with van der Waals surface area (Å²) < 4.78 is 10.3. The van der Waals surface area contributed by atoms with Gasteiger partial charge >= 0.3 is 0 Å². The van der Waals surface area contributed by atoms with E-state index in [9.17, 15) is 4.79 Å². The van der Waals surface area contributed by atoms with Crippen molar-refractivity contribution in [2.75, 3.05) is 13.7 Å². The average molecular weight is 326 g/mol. The molecule has 1 amide bonds. The van der Waals surface area contributed by atoms with Gasteiger partial charge in [0.1, 0.15) is 0 Å². The van der Waals surface area contributed by atoms with E-state index in [-0.39, 0.29) is 5.91 Å². The monoisotopic (exact) mass is 326 g/mol. The molecule has 7 nitrogen and oxygen atoms in total. The number of aryl methyl sites for hydroxylation is 1. The highest BCUT2D eigenvalue weighted by molar-refractivity contribution is 6.06. The van der Waals surface area contributed by atoms with Crippen LogP contribution in [-0.2, 0) is 12.8 Å². The Balaban J connectivity index is 1.73. The first-order valence-electron chi connectivity index (χ1n) is 7.74. The van der Waals surface area contributed by atoms with E-state index in [2.05, 4.69) is 20.4 Å². The molecule has 0 fully saturated rings. The minimum atomic E-state index is -0.192. The predicted octanol–water partition coefficient (Wildman–Crippen LogP) is 2.16. The third kappa shape index (κ3) is 3.34. The zero-order valence-corrected chi connectivity index (χ0v) is 13.6. The standard InChI is InChI=1S/C17H18N4O3/c1-3-14-20-15(24-21-14)8-9-18-17(22)12-10-16(23-2)19-13-7-5-4-6-11(12)13/h4-7,10H,3,8-9H2,1-2H3,(H,18,22). The molecule has 0 unspecified atom stereocenters. The summed E-state index contributed by atoms with van der Waals surface area (Å²) in [5.41, 5.74) is 1.24. The van der Waals surface area contributed by atoms with E-state index in [0.717, 1.165) is 11.8 Å². The smallest absolute Gasteiger partial charge is 0.252 e. The van der Waals surface area contributed by atoms with Gasteiger partial charge in [-0.05, 0) is 6.07 Å². The van der Waals surface area contributed by atoms with E-state index >= 15 is 0 Å². The molecule has 124 valence electrons. The fourth-order valence-electron chi connectivity index (χ4n) is 2.36.